The Kier molecular flexibility index (Phi) is 5.70. The van der Waals surface area contributed by atoms with Crippen molar-refractivity contribution in [3.8, 4) is 5.75 Å². The maximum Gasteiger partial charge on any atom is 0.376 e. The fourth-order valence-corrected chi connectivity index (χ4v) is 2.90. The van der Waals surface area contributed by atoms with Gasteiger partial charge in [-0.25, -0.2) is 4.79 Å². The summed E-state index contributed by atoms with van der Waals surface area (Å²) in [5, 5.41) is 0.627. The number of carbonyl (C=O) groups excluding carboxylic acids is 1. The number of esters is 1. The van der Waals surface area contributed by atoms with Crippen LogP contribution in [-0.4, -0.2) is 19.4 Å². The molecule has 122 valence electrons. The van der Waals surface area contributed by atoms with E-state index in [0.29, 0.717) is 10.8 Å². The van der Waals surface area contributed by atoms with Crippen LogP contribution in [0.1, 0.15) is 51.5 Å². The first-order valence-electron chi connectivity index (χ1n) is 7.72. The molecule has 4 nitrogen and oxygen atoms in total. The molecule has 0 N–H and O–H groups in total. The highest BCUT2D eigenvalue weighted by Crippen LogP contribution is 2.43. The Labute approximate surface area is 136 Å². The summed E-state index contributed by atoms with van der Waals surface area (Å²) in [6.07, 6.45) is 4.29. The van der Waals surface area contributed by atoms with Gasteiger partial charge in [-0.15, -0.1) is 0 Å². The highest BCUT2D eigenvalue weighted by molar-refractivity contribution is 6.30. The predicted octanol–water partition coefficient (Wildman–Crippen LogP) is 4.43. The van der Waals surface area contributed by atoms with Crippen LogP contribution in [0.5, 0.6) is 5.75 Å². The second-order valence-corrected chi connectivity index (χ2v) is 6.21. The molecule has 0 spiro atoms. The van der Waals surface area contributed by atoms with E-state index in [4.69, 9.17) is 25.8 Å². The molecule has 0 bridgehead atoms. The zero-order chi connectivity index (χ0) is 16.2. The van der Waals surface area contributed by atoms with Crippen molar-refractivity contribution in [3.05, 3.63) is 28.8 Å². The number of carbonyl (C=O) groups is 1. The summed E-state index contributed by atoms with van der Waals surface area (Å²) >= 11 is 6.11. The summed E-state index contributed by atoms with van der Waals surface area (Å²) in [6.45, 7) is 4.15. The molecule has 1 aliphatic heterocycles. The number of ether oxygens (including phenoxy) is 3. The van der Waals surface area contributed by atoms with E-state index in [1.165, 1.54) is 20.0 Å². The SMILES string of the molecule is CCCCCCC1(C)OC(C(=O)OC)Oc2ccc(Cl)cc21. The van der Waals surface area contributed by atoms with Crippen LogP contribution < -0.4 is 4.74 Å². The Hall–Kier alpha value is -1.26. The first-order chi connectivity index (χ1) is 10.5. The normalized spacial score (nSPS) is 23.5. The van der Waals surface area contributed by atoms with E-state index in [-0.39, 0.29) is 0 Å². The summed E-state index contributed by atoms with van der Waals surface area (Å²) < 4.78 is 16.3. The quantitative estimate of drug-likeness (QED) is 0.573. The molecule has 2 unspecified atom stereocenters. The molecule has 1 heterocycles. The first kappa shape index (κ1) is 17.1. The number of fused-ring (bicyclic) bond motifs is 1. The standard InChI is InChI=1S/C17H23ClO4/c1-4-5-6-7-10-17(2)13-11-12(18)8-9-14(13)21-16(22-17)15(19)20-3/h8-9,11,16H,4-7,10H2,1-3H3. The van der Waals surface area contributed by atoms with Crippen molar-refractivity contribution >= 4 is 17.6 Å². The summed E-state index contributed by atoms with van der Waals surface area (Å²) in [5.74, 6) is 0.101. The van der Waals surface area contributed by atoms with Gasteiger partial charge in [-0.1, -0.05) is 44.2 Å². The molecule has 0 radical (unpaired) electrons. The highest BCUT2D eigenvalue weighted by atomic mass is 35.5. The molecule has 0 saturated heterocycles. The maximum absolute atomic E-state index is 11.8. The Morgan fingerprint density at radius 1 is 1.36 bits per heavy atom. The number of hydrogen-bond donors (Lipinski definition) is 0. The zero-order valence-electron chi connectivity index (χ0n) is 13.4. The molecule has 1 aliphatic rings. The smallest absolute Gasteiger partial charge is 0.376 e. The first-order valence-corrected chi connectivity index (χ1v) is 8.10. The van der Waals surface area contributed by atoms with Gasteiger partial charge >= 0.3 is 5.97 Å². The van der Waals surface area contributed by atoms with Crippen LogP contribution in [0, 0.1) is 0 Å². The highest BCUT2D eigenvalue weighted by Gasteiger charge is 2.42. The Morgan fingerprint density at radius 3 is 2.82 bits per heavy atom. The van der Waals surface area contributed by atoms with Gasteiger partial charge in [0.05, 0.1) is 12.7 Å². The molecule has 22 heavy (non-hydrogen) atoms. The van der Waals surface area contributed by atoms with Gasteiger partial charge in [-0.2, -0.15) is 0 Å². The topological polar surface area (TPSA) is 44.8 Å². The van der Waals surface area contributed by atoms with Crippen LogP contribution in [0.25, 0.3) is 0 Å². The second kappa shape index (κ2) is 7.34. The number of methoxy groups -OCH3 is 1. The monoisotopic (exact) mass is 326 g/mol. The van der Waals surface area contributed by atoms with E-state index in [0.717, 1.165) is 24.8 Å². The average molecular weight is 327 g/mol. The molecule has 2 rings (SSSR count). The minimum absolute atomic E-state index is 0.527. The fourth-order valence-electron chi connectivity index (χ4n) is 2.73. The van der Waals surface area contributed by atoms with Gasteiger partial charge in [0.25, 0.3) is 6.29 Å². The van der Waals surface area contributed by atoms with E-state index in [9.17, 15) is 4.79 Å². The van der Waals surface area contributed by atoms with Crippen LogP contribution in [0.4, 0.5) is 0 Å². The van der Waals surface area contributed by atoms with Crippen LogP contribution in [0.2, 0.25) is 5.02 Å². The van der Waals surface area contributed by atoms with Crippen molar-refractivity contribution in [2.75, 3.05) is 7.11 Å². The van der Waals surface area contributed by atoms with E-state index in [2.05, 4.69) is 6.92 Å². The van der Waals surface area contributed by atoms with Gasteiger partial charge in [-0.05, 0) is 31.5 Å². The van der Waals surface area contributed by atoms with Crippen molar-refractivity contribution < 1.29 is 19.0 Å². The lowest BCUT2D eigenvalue weighted by molar-refractivity contribution is -0.214. The van der Waals surface area contributed by atoms with Crippen LogP contribution >= 0.6 is 11.6 Å². The van der Waals surface area contributed by atoms with Crippen molar-refractivity contribution in [1.29, 1.82) is 0 Å². The molecular formula is C17H23ClO4. The molecule has 0 fully saturated rings. The number of unbranched alkanes of at least 4 members (excludes halogenated alkanes) is 3. The molecule has 0 aromatic heterocycles. The lowest BCUT2D eigenvalue weighted by Crippen LogP contribution is -2.44. The largest absolute Gasteiger partial charge is 0.464 e. The molecule has 2 atom stereocenters. The van der Waals surface area contributed by atoms with E-state index in [1.54, 1.807) is 12.1 Å². The van der Waals surface area contributed by atoms with Gasteiger partial charge in [0.2, 0.25) is 0 Å². The number of rotatable bonds is 6. The molecule has 5 heteroatoms. The number of benzene rings is 1. The minimum atomic E-state index is -1.03. The lowest BCUT2D eigenvalue weighted by Gasteiger charge is -2.39. The summed E-state index contributed by atoms with van der Waals surface area (Å²) in [7, 11) is 1.32. The Bertz CT molecular complexity index is 531. The van der Waals surface area contributed by atoms with E-state index in [1.807, 2.05) is 13.0 Å². The molecule has 0 amide bonds. The fraction of sp³-hybridized carbons (Fsp3) is 0.588. The predicted molar refractivity (Wildman–Crippen MR) is 85.1 cm³/mol. The Morgan fingerprint density at radius 2 is 2.14 bits per heavy atom. The molecule has 1 aromatic carbocycles. The molecule has 0 aliphatic carbocycles. The van der Waals surface area contributed by atoms with Gasteiger partial charge in [-0.3, -0.25) is 0 Å². The summed E-state index contributed by atoms with van der Waals surface area (Å²) in [6, 6.07) is 5.38. The van der Waals surface area contributed by atoms with Crippen LogP contribution in [0.3, 0.4) is 0 Å². The third kappa shape index (κ3) is 3.73. The van der Waals surface area contributed by atoms with Crippen LogP contribution in [-0.2, 0) is 19.9 Å². The van der Waals surface area contributed by atoms with Gasteiger partial charge in [0.15, 0.2) is 0 Å². The molecule has 1 aromatic rings. The number of halogens is 1. The van der Waals surface area contributed by atoms with Crippen molar-refractivity contribution in [3.63, 3.8) is 0 Å². The van der Waals surface area contributed by atoms with Crippen molar-refractivity contribution in [2.45, 2.75) is 57.8 Å². The van der Waals surface area contributed by atoms with E-state index < -0.39 is 17.9 Å². The minimum Gasteiger partial charge on any atom is -0.464 e. The molecular weight excluding hydrogens is 304 g/mol. The lowest BCUT2D eigenvalue weighted by atomic mass is 9.88. The van der Waals surface area contributed by atoms with Gasteiger partial charge < -0.3 is 14.2 Å². The van der Waals surface area contributed by atoms with Gasteiger partial charge in [0.1, 0.15) is 5.75 Å². The van der Waals surface area contributed by atoms with E-state index >= 15 is 0 Å². The number of hydrogen-bond acceptors (Lipinski definition) is 4. The summed E-state index contributed by atoms with van der Waals surface area (Å²) in [5.41, 5.74) is 0.280. The summed E-state index contributed by atoms with van der Waals surface area (Å²) in [4.78, 5) is 11.8. The maximum atomic E-state index is 11.8. The van der Waals surface area contributed by atoms with Crippen LogP contribution in [0.15, 0.2) is 18.2 Å². The van der Waals surface area contributed by atoms with Crippen molar-refractivity contribution in [1.82, 2.24) is 0 Å². The second-order valence-electron chi connectivity index (χ2n) is 5.77. The third-order valence-corrected chi connectivity index (χ3v) is 4.25. The van der Waals surface area contributed by atoms with Gasteiger partial charge in [0, 0.05) is 10.6 Å². The third-order valence-electron chi connectivity index (χ3n) is 4.01. The zero-order valence-corrected chi connectivity index (χ0v) is 14.1. The average Bonchev–Trinajstić information content (AvgIpc) is 2.51. The molecule has 0 saturated carbocycles. The Balaban J connectivity index is 2.25. The van der Waals surface area contributed by atoms with Crippen molar-refractivity contribution in [2.24, 2.45) is 0 Å².